The highest BCUT2D eigenvalue weighted by atomic mass is 16.5. The number of likely N-dealkylation sites (N-methyl/N-ethyl adjacent to an activating group) is 1. The molecule has 1 saturated heterocycles. The van der Waals surface area contributed by atoms with Crippen LogP contribution in [0.25, 0.3) is 11.6 Å². The van der Waals surface area contributed by atoms with E-state index in [1.807, 2.05) is 37.3 Å². The second-order valence-corrected chi connectivity index (χ2v) is 9.63. The molecular formula is C28H32N4O4. The highest BCUT2D eigenvalue weighted by molar-refractivity contribution is 6.16. The Bertz CT molecular complexity index is 1310. The van der Waals surface area contributed by atoms with E-state index in [1.54, 1.807) is 19.3 Å². The summed E-state index contributed by atoms with van der Waals surface area (Å²) in [7, 11) is 1.58. The van der Waals surface area contributed by atoms with Gasteiger partial charge in [0, 0.05) is 35.1 Å². The zero-order chi connectivity index (χ0) is 26.2. The summed E-state index contributed by atoms with van der Waals surface area (Å²) in [6.07, 6.45) is 3.82. The summed E-state index contributed by atoms with van der Waals surface area (Å²) in [5.74, 6) is -0.439. The van der Waals surface area contributed by atoms with Gasteiger partial charge in [-0.1, -0.05) is 18.2 Å². The van der Waals surface area contributed by atoms with Crippen LogP contribution in [0, 0.1) is 6.92 Å². The van der Waals surface area contributed by atoms with Crippen LogP contribution in [0.4, 0.5) is 16.2 Å². The third kappa shape index (κ3) is 4.71. The lowest BCUT2D eigenvalue weighted by Crippen LogP contribution is -2.44. The Morgan fingerprint density at radius 1 is 1.17 bits per heavy atom. The third-order valence-electron chi connectivity index (χ3n) is 6.51. The predicted molar refractivity (Wildman–Crippen MR) is 142 cm³/mol. The first kappa shape index (κ1) is 25.0. The molecule has 8 heteroatoms. The molecule has 0 radical (unpaired) electrons. The van der Waals surface area contributed by atoms with Crippen molar-refractivity contribution in [3.8, 4) is 5.75 Å². The van der Waals surface area contributed by atoms with Crippen molar-refractivity contribution in [2.24, 2.45) is 0 Å². The van der Waals surface area contributed by atoms with E-state index >= 15 is 0 Å². The standard InChI is InChI=1S/C28H32N4O4/c1-7-32-23-14-24(36-6)19(12-21(23)18(3)15-28(32,4)5)13-22-26(34)31(27(35)30-22)16-25(33)29-20-10-8-9-17(2)11-20/h8-15H,7,16H2,1-6H3,(H,29,33)(H,30,35)/b22-13+. The average molecular weight is 489 g/mol. The lowest BCUT2D eigenvalue weighted by molar-refractivity contribution is -0.127. The van der Waals surface area contributed by atoms with E-state index in [4.69, 9.17) is 4.74 Å². The zero-order valence-corrected chi connectivity index (χ0v) is 21.6. The molecule has 36 heavy (non-hydrogen) atoms. The SMILES string of the molecule is CCN1c2cc(OC)c(/C=C3/NC(=O)N(CC(=O)Nc4cccc(C)c4)C3=O)cc2C(C)=CC1(C)C. The minimum absolute atomic E-state index is 0.0896. The van der Waals surface area contributed by atoms with Gasteiger partial charge in [0.15, 0.2) is 0 Å². The van der Waals surface area contributed by atoms with E-state index in [0.29, 0.717) is 17.0 Å². The summed E-state index contributed by atoms with van der Waals surface area (Å²) in [5, 5.41) is 5.32. The van der Waals surface area contributed by atoms with E-state index < -0.39 is 17.8 Å². The molecule has 1 fully saturated rings. The number of ether oxygens (including phenoxy) is 1. The molecule has 0 saturated carbocycles. The second-order valence-electron chi connectivity index (χ2n) is 9.63. The number of rotatable bonds is 6. The van der Waals surface area contributed by atoms with Gasteiger partial charge in [-0.3, -0.25) is 9.59 Å². The van der Waals surface area contributed by atoms with Crippen LogP contribution in [0.3, 0.4) is 0 Å². The van der Waals surface area contributed by atoms with Crippen LogP contribution in [0.5, 0.6) is 5.75 Å². The van der Waals surface area contributed by atoms with E-state index in [2.05, 4.69) is 49.3 Å². The minimum Gasteiger partial charge on any atom is -0.496 e. The predicted octanol–water partition coefficient (Wildman–Crippen LogP) is 4.56. The van der Waals surface area contributed by atoms with E-state index in [9.17, 15) is 14.4 Å². The molecule has 0 spiro atoms. The molecule has 2 aliphatic heterocycles. The van der Waals surface area contributed by atoms with Gasteiger partial charge in [0.1, 0.15) is 18.0 Å². The van der Waals surface area contributed by atoms with Crippen molar-refractivity contribution in [2.75, 3.05) is 30.4 Å². The number of anilines is 2. The molecule has 0 aliphatic carbocycles. The fourth-order valence-corrected chi connectivity index (χ4v) is 4.93. The summed E-state index contributed by atoms with van der Waals surface area (Å²) >= 11 is 0. The number of allylic oxidation sites excluding steroid dienone is 1. The molecule has 2 aliphatic rings. The summed E-state index contributed by atoms with van der Waals surface area (Å²) in [6, 6.07) is 10.6. The fraction of sp³-hybridized carbons (Fsp3) is 0.321. The zero-order valence-electron chi connectivity index (χ0n) is 21.6. The fourth-order valence-electron chi connectivity index (χ4n) is 4.93. The van der Waals surface area contributed by atoms with Gasteiger partial charge in [-0.2, -0.15) is 0 Å². The molecular weight excluding hydrogens is 456 g/mol. The van der Waals surface area contributed by atoms with Crippen molar-refractivity contribution in [3.63, 3.8) is 0 Å². The number of methoxy groups -OCH3 is 1. The van der Waals surface area contributed by atoms with Crippen molar-refractivity contribution in [1.82, 2.24) is 10.2 Å². The van der Waals surface area contributed by atoms with Crippen LogP contribution in [0.2, 0.25) is 0 Å². The number of benzene rings is 2. The van der Waals surface area contributed by atoms with E-state index in [-0.39, 0.29) is 17.8 Å². The smallest absolute Gasteiger partial charge is 0.329 e. The number of hydrogen-bond donors (Lipinski definition) is 2. The van der Waals surface area contributed by atoms with Crippen molar-refractivity contribution in [3.05, 3.63) is 64.9 Å². The van der Waals surface area contributed by atoms with Crippen LogP contribution < -0.4 is 20.3 Å². The van der Waals surface area contributed by atoms with Crippen molar-refractivity contribution < 1.29 is 19.1 Å². The molecule has 188 valence electrons. The molecule has 0 bridgehead atoms. The first-order chi connectivity index (χ1) is 17.0. The minimum atomic E-state index is -0.641. The van der Waals surface area contributed by atoms with Crippen molar-refractivity contribution in [1.29, 1.82) is 0 Å². The molecule has 2 aromatic rings. The maximum absolute atomic E-state index is 13.0. The van der Waals surface area contributed by atoms with Crippen molar-refractivity contribution in [2.45, 2.75) is 40.2 Å². The first-order valence-electron chi connectivity index (χ1n) is 11.9. The van der Waals surface area contributed by atoms with Gasteiger partial charge in [0.2, 0.25) is 5.91 Å². The molecule has 2 heterocycles. The number of imide groups is 1. The number of urea groups is 1. The Morgan fingerprint density at radius 2 is 1.92 bits per heavy atom. The van der Waals surface area contributed by atoms with Gasteiger partial charge in [-0.25, -0.2) is 9.69 Å². The van der Waals surface area contributed by atoms with Gasteiger partial charge in [0.25, 0.3) is 5.91 Å². The average Bonchev–Trinajstić information content (AvgIpc) is 3.06. The van der Waals surface area contributed by atoms with Gasteiger partial charge in [-0.05, 0) is 70.0 Å². The molecule has 2 N–H and O–H groups in total. The topological polar surface area (TPSA) is 91.0 Å². The second kappa shape index (κ2) is 9.53. The van der Waals surface area contributed by atoms with Gasteiger partial charge >= 0.3 is 6.03 Å². The number of fused-ring (bicyclic) bond motifs is 1. The van der Waals surface area contributed by atoms with Gasteiger partial charge in [-0.15, -0.1) is 0 Å². The normalized spacial score (nSPS) is 17.6. The Morgan fingerprint density at radius 3 is 2.58 bits per heavy atom. The van der Waals surface area contributed by atoms with Crippen LogP contribution in [-0.2, 0) is 9.59 Å². The van der Waals surface area contributed by atoms with Gasteiger partial charge < -0.3 is 20.3 Å². The lowest BCUT2D eigenvalue weighted by atomic mass is 9.87. The van der Waals surface area contributed by atoms with E-state index in [0.717, 1.165) is 33.8 Å². The van der Waals surface area contributed by atoms with E-state index in [1.165, 1.54) is 0 Å². The highest BCUT2D eigenvalue weighted by Crippen LogP contribution is 2.42. The molecule has 8 nitrogen and oxygen atoms in total. The van der Waals surface area contributed by atoms with Crippen LogP contribution in [-0.4, -0.2) is 48.5 Å². The summed E-state index contributed by atoms with van der Waals surface area (Å²) in [6.45, 7) is 10.9. The number of hydrogen-bond acceptors (Lipinski definition) is 5. The largest absolute Gasteiger partial charge is 0.496 e. The summed E-state index contributed by atoms with van der Waals surface area (Å²) in [4.78, 5) is 41.3. The highest BCUT2D eigenvalue weighted by Gasteiger charge is 2.36. The number of nitrogens with zero attached hydrogens (tertiary/aromatic N) is 2. The number of carbonyl (C=O) groups excluding carboxylic acids is 3. The number of amides is 4. The molecule has 4 rings (SSSR count). The number of carbonyl (C=O) groups is 3. The Balaban J connectivity index is 1.60. The Hall–Kier alpha value is -4.07. The Labute approximate surface area is 211 Å². The van der Waals surface area contributed by atoms with Crippen LogP contribution in [0.15, 0.2) is 48.2 Å². The maximum Gasteiger partial charge on any atom is 0.329 e. The van der Waals surface area contributed by atoms with Crippen LogP contribution >= 0.6 is 0 Å². The first-order valence-corrected chi connectivity index (χ1v) is 11.9. The summed E-state index contributed by atoms with van der Waals surface area (Å²) in [5.41, 5.74) is 5.41. The molecule has 0 atom stereocenters. The maximum atomic E-state index is 13.0. The molecule has 2 aromatic carbocycles. The van der Waals surface area contributed by atoms with Crippen molar-refractivity contribution >= 4 is 40.9 Å². The molecule has 0 aromatic heterocycles. The number of nitrogens with one attached hydrogen (secondary N) is 2. The lowest BCUT2D eigenvalue weighted by Gasteiger charge is -2.43. The monoisotopic (exact) mass is 488 g/mol. The molecule has 0 unspecified atom stereocenters. The van der Waals surface area contributed by atoms with Gasteiger partial charge in [0.05, 0.1) is 12.6 Å². The molecule has 4 amide bonds. The Kier molecular flexibility index (Phi) is 6.63. The quantitative estimate of drug-likeness (QED) is 0.460. The van der Waals surface area contributed by atoms with Crippen LogP contribution in [0.1, 0.15) is 44.4 Å². The number of aryl methyl sites for hydroxylation is 1. The third-order valence-corrected chi connectivity index (χ3v) is 6.51. The summed E-state index contributed by atoms with van der Waals surface area (Å²) < 4.78 is 5.66.